The van der Waals surface area contributed by atoms with E-state index in [0.29, 0.717) is 6.42 Å². The first-order valence-electron chi connectivity index (χ1n) is 3.83. The normalized spacial score (nSPS) is 8.55. The molecule has 0 amide bonds. The Morgan fingerprint density at radius 3 is 2.64 bits per heavy atom. The highest BCUT2D eigenvalue weighted by atomic mass is 16.2. The number of hydrogen-bond acceptors (Lipinski definition) is 2. The molecule has 0 heterocycles. The van der Waals surface area contributed by atoms with Crippen LogP contribution in [0.1, 0.15) is 32.6 Å². The zero-order valence-corrected chi connectivity index (χ0v) is 6.89. The van der Waals surface area contributed by atoms with Crippen LogP contribution in [-0.4, -0.2) is 17.5 Å². The van der Waals surface area contributed by atoms with Crippen LogP contribution in [0, 0.1) is 11.8 Å². The molecular formula is C9H14O2. The van der Waals surface area contributed by atoms with Crippen molar-refractivity contribution in [3.63, 3.8) is 0 Å². The van der Waals surface area contributed by atoms with Gasteiger partial charge in [0, 0.05) is 12.8 Å². The van der Waals surface area contributed by atoms with E-state index in [9.17, 15) is 4.79 Å². The molecule has 0 aliphatic rings. The standard InChI is InChI=1S/C9H14O2/c1-9(11)7-5-3-2-4-6-8-10/h10H,2-3,5,7-8H2,1H3. The lowest BCUT2D eigenvalue weighted by Gasteiger charge is -1.91. The summed E-state index contributed by atoms with van der Waals surface area (Å²) in [7, 11) is 0. The average molecular weight is 154 g/mol. The minimum atomic E-state index is -0.0628. The van der Waals surface area contributed by atoms with Gasteiger partial charge in [0.05, 0.1) is 0 Å². The van der Waals surface area contributed by atoms with Crippen LogP contribution < -0.4 is 0 Å². The largest absolute Gasteiger partial charge is 0.384 e. The molecule has 2 nitrogen and oxygen atoms in total. The van der Waals surface area contributed by atoms with Gasteiger partial charge in [0.15, 0.2) is 0 Å². The highest BCUT2D eigenvalue weighted by molar-refractivity contribution is 5.75. The molecule has 0 rings (SSSR count). The van der Waals surface area contributed by atoms with Crippen LogP contribution in [0.2, 0.25) is 0 Å². The second kappa shape index (κ2) is 7.30. The molecule has 0 aliphatic heterocycles. The summed E-state index contributed by atoms with van der Waals surface area (Å²) in [6.45, 7) is 1.53. The molecule has 0 bridgehead atoms. The molecule has 0 fully saturated rings. The fourth-order valence-corrected chi connectivity index (χ4v) is 0.732. The zero-order valence-electron chi connectivity index (χ0n) is 6.89. The number of ketones is 1. The summed E-state index contributed by atoms with van der Waals surface area (Å²) < 4.78 is 0. The Labute approximate surface area is 67.6 Å². The fraction of sp³-hybridized carbons (Fsp3) is 0.667. The number of unbranched alkanes of at least 4 members (excludes halogenated alkanes) is 2. The topological polar surface area (TPSA) is 37.3 Å². The van der Waals surface area contributed by atoms with Gasteiger partial charge < -0.3 is 9.90 Å². The van der Waals surface area contributed by atoms with E-state index in [-0.39, 0.29) is 12.4 Å². The van der Waals surface area contributed by atoms with Crippen LogP contribution in [0.25, 0.3) is 0 Å². The van der Waals surface area contributed by atoms with Gasteiger partial charge in [-0.05, 0) is 19.8 Å². The van der Waals surface area contributed by atoms with Gasteiger partial charge >= 0.3 is 0 Å². The van der Waals surface area contributed by atoms with Gasteiger partial charge in [-0.15, -0.1) is 5.92 Å². The Hall–Kier alpha value is -0.810. The smallest absolute Gasteiger partial charge is 0.129 e. The molecule has 0 aromatic heterocycles. The summed E-state index contributed by atoms with van der Waals surface area (Å²) in [6, 6.07) is 0. The van der Waals surface area contributed by atoms with Crippen molar-refractivity contribution in [2.45, 2.75) is 32.6 Å². The van der Waals surface area contributed by atoms with E-state index in [2.05, 4.69) is 11.8 Å². The van der Waals surface area contributed by atoms with Crippen molar-refractivity contribution in [3.05, 3.63) is 0 Å². The second-order valence-electron chi connectivity index (χ2n) is 2.42. The summed E-state index contributed by atoms with van der Waals surface area (Å²) in [5.74, 6) is 5.59. The molecule has 11 heavy (non-hydrogen) atoms. The molecule has 1 N–H and O–H groups in total. The summed E-state index contributed by atoms with van der Waals surface area (Å²) in [5, 5.41) is 8.28. The number of hydrogen-bond donors (Lipinski definition) is 1. The number of aliphatic hydroxyl groups is 1. The molecular weight excluding hydrogens is 140 g/mol. The molecule has 0 aromatic carbocycles. The van der Waals surface area contributed by atoms with E-state index in [1.165, 1.54) is 0 Å². The van der Waals surface area contributed by atoms with Crippen molar-refractivity contribution in [2.75, 3.05) is 6.61 Å². The summed E-state index contributed by atoms with van der Waals surface area (Å²) in [4.78, 5) is 10.5. The van der Waals surface area contributed by atoms with Gasteiger partial charge in [-0.2, -0.15) is 0 Å². The molecule has 2 heteroatoms. The lowest BCUT2D eigenvalue weighted by molar-refractivity contribution is -0.117. The van der Waals surface area contributed by atoms with Crippen LogP contribution in [0.4, 0.5) is 0 Å². The lowest BCUT2D eigenvalue weighted by atomic mass is 10.1. The van der Waals surface area contributed by atoms with E-state index >= 15 is 0 Å². The highest BCUT2D eigenvalue weighted by Gasteiger charge is 1.90. The van der Waals surface area contributed by atoms with E-state index in [1.807, 2.05) is 0 Å². The SMILES string of the molecule is CC(=O)CCCCC#CCO. The van der Waals surface area contributed by atoms with E-state index in [0.717, 1.165) is 19.3 Å². The van der Waals surface area contributed by atoms with Crippen molar-refractivity contribution in [1.29, 1.82) is 0 Å². The minimum Gasteiger partial charge on any atom is -0.384 e. The Morgan fingerprint density at radius 2 is 2.09 bits per heavy atom. The first-order valence-corrected chi connectivity index (χ1v) is 3.83. The van der Waals surface area contributed by atoms with Gasteiger partial charge in [0.2, 0.25) is 0 Å². The van der Waals surface area contributed by atoms with E-state index < -0.39 is 0 Å². The van der Waals surface area contributed by atoms with Crippen LogP contribution in [0.3, 0.4) is 0 Å². The molecule has 0 spiro atoms. The van der Waals surface area contributed by atoms with E-state index in [4.69, 9.17) is 5.11 Å². The first kappa shape index (κ1) is 10.2. The minimum absolute atomic E-state index is 0.0628. The van der Waals surface area contributed by atoms with Crippen LogP contribution >= 0.6 is 0 Å². The molecule has 0 aliphatic carbocycles. The summed E-state index contributed by atoms with van der Waals surface area (Å²) >= 11 is 0. The van der Waals surface area contributed by atoms with Gasteiger partial charge in [-0.25, -0.2) is 0 Å². The molecule has 0 unspecified atom stereocenters. The van der Waals surface area contributed by atoms with Gasteiger partial charge in [0.25, 0.3) is 0 Å². The maximum Gasteiger partial charge on any atom is 0.129 e. The van der Waals surface area contributed by atoms with Gasteiger partial charge in [0.1, 0.15) is 12.4 Å². The number of carbonyl (C=O) groups excluding carboxylic acids is 1. The van der Waals surface area contributed by atoms with Crippen molar-refractivity contribution in [3.8, 4) is 11.8 Å². The molecule has 62 valence electrons. The molecule has 0 radical (unpaired) electrons. The lowest BCUT2D eigenvalue weighted by Crippen LogP contribution is -1.88. The highest BCUT2D eigenvalue weighted by Crippen LogP contribution is 1.98. The molecule has 0 aromatic rings. The predicted molar refractivity (Wildman–Crippen MR) is 44.0 cm³/mol. The summed E-state index contributed by atoms with van der Waals surface area (Å²) in [5.41, 5.74) is 0. The number of carbonyl (C=O) groups is 1. The Bertz CT molecular complexity index is 162. The third kappa shape index (κ3) is 9.19. The van der Waals surface area contributed by atoms with Crippen LogP contribution in [-0.2, 0) is 4.79 Å². The number of rotatable bonds is 4. The average Bonchev–Trinajstić information content (AvgIpc) is 1.96. The maximum atomic E-state index is 10.5. The zero-order chi connectivity index (χ0) is 8.53. The quantitative estimate of drug-likeness (QED) is 0.487. The summed E-state index contributed by atoms with van der Waals surface area (Å²) in [6.07, 6.45) is 3.30. The van der Waals surface area contributed by atoms with Crippen LogP contribution in [0.15, 0.2) is 0 Å². The van der Waals surface area contributed by atoms with E-state index in [1.54, 1.807) is 6.92 Å². The number of aliphatic hydroxyl groups excluding tert-OH is 1. The predicted octanol–water partition coefficient (Wildman–Crippen LogP) is 1.13. The fourth-order valence-electron chi connectivity index (χ4n) is 0.732. The molecule has 0 saturated carbocycles. The monoisotopic (exact) mass is 154 g/mol. The number of Topliss-reactive ketones (excluding diaryl/α,β-unsaturated/α-hetero) is 1. The molecule has 0 atom stereocenters. The Balaban J connectivity index is 3.08. The maximum absolute atomic E-state index is 10.5. The van der Waals surface area contributed by atoms with Crippen molar-refractivity contribution in [1.82, 2.24) is 0 Å². The van der Waals surface area contributed by atoms with Crippen molar-refractivity contribution in [2.24, 2.45) is 0 Å². The van der Waals surface area contributed by atoms with Crippen molar-refractivity contribution < 1.29 is 9.90 Å². The van der Waals surface area contributed by atoms with Crippen molar-refractivity contribution >= 4 is 5.78 Å². The Kier molecular flexibility index (Phi) is 6.76. The van der Waals surface area contributed by atoms with Crippen LogP contribution in [0.5, 0.6) is 0 Å². The third-order valence-corrected chi connectivity index (χ3v) is 1.28. The third-order valence-electron chi connectivity index (χ3n) is 1.28. The Morgan fingerprint density at radius 1 is 1.36 bits per heavy atom. The van der Waals surface area contributed by atoms with Gasteiger partial charge in [-0.3, -0.25) is 0 Å². The first-order chi connectivity index (χ1) is 5.27. The second-order valence-corrected chi connectivity index (χ2v) is 2.42. The van der Waals surface area contributed by atoms with Gasteiger partial charge in [-0.1, -0.05) is 5.92 Å². The molecule has 0 saturated heterocycles.